The summed E-state index contributed by atoms with van der Waals surface area (Å²) in [6, 6.07) is 10.0. The van der Waals surface area contributed by atoms with Crippen LogP contribution in [0.1, 0.15) is 26.2 Å². The summed E-state index contributed by atoms with van der Waals surface area (Å²) in [4.78, 5) is 0. The SMILES string of the molecule is C=C/C=C(\C=C)C[C@@H](CC)C/C(N)=C/Nc1ccccc1.N. The fourth-order valence-corrected chi connectivity index (χ4v) is 2.17. The lowest BCUT2D eigenvalue weighted by Crippen LogP contribution is -2.09. The van der Waals surface area contributed by atoms with Gasteiger partial charge in [0.2, 0.25) is 0 Å². The first-order chi connectivity index (χ1) is 10.2. The Bertz CT molecular complexity index is 501. The van der Waals surface area contributed by atoms with E-state index in [1.165, 1.54) is 5.57 Å². The summed E-state index contributed by atoms with van der Waals surface area (Å²) < 4.78 is 0. The van der Waals surface area contributed by atoms with Gasteiger partial charge in [-0.25, -0.2) is 0 Å². The molecule has 0 bridgehead atoms. The Balaban J connectivity index is 0.00000441. The first-order valence-electron chi connectivity index (χ1n) is 7.39. The Kier molecular flexibility index (Phi) is 10.2. The molecule has 0 radical (unpaired) electrons. The minimum atomic E-state index is 0. The first kappa shape index (κ1) is 19.7. The van der Waals surface area contributed by atoms with Crippen molar-refractivity contribution >= 4 is 5.69 Å². The van der Waals surface area contributed by atoms with Gasteiger partial charge in [0, 0.05) is 17.6 Å². The van der Waals surface area contributed by atoms with E-state index in [1.54, 1.807) is 6.08 Å². The number of benzene rings is 1. The second-order valence-corrected chi connectivity index (χ2v) is 5.09. The lowest BCUT2D eigenvalue weighted by atomic mass is 9.92. The Morgan fingerprint density at radius 3 is 2.45 bits per heavy atom. The molecule has 22 heavy (non-hydrogen) atoms. The predicted molar refractivity (Wildman–Crippen MR) is 98.8 cm³/mol. The van der Waals surface area contributed by atoms with Crippen molar-refractivity contribution in [1.29, 1.82) is 0 Å². The zero-order valence-electron chi connectivity index (χ0n) is 13.6. The molecule has 0 amide bonds. The second kappa shape index (κ2) is 11.4. The van der Waals surface area contributed by atoms with E-state index in [4.69, 9.17) is 5.73 Å². The fourth-order valence-electron chi connectivity index (χ4n) is 2.17. The van der Waals surface area contributed by atoms with Crippen LogP contribution in [0, 0.1) is 5.92 Å². The third kappa shape index (κ3) is 7.50. The van der Waals surface area contributed by atoms with E-state index in [1.807, 2.05) is 48.7 Å². The molecule has 0 aliphatic rings. The van der Waals surface area contributed by atoms with Crippen LogP contribution in [0.25, 0.3) is 0 Å². The molecule has 1 atom stereocenters. The summed E-state index contributed by atoms with van der Waals surface area (Å²) in [6.45, 7) is 9.77. The van der Waals surface area contributed by atoms with Crippen LogP contribution in [0.15, 0.2) is 79.2 Å². The largest absolute Gasteiger partial charge is 0.401 e. The zero-order chi connectivity index (χ0) is 15.5. The maximum absolute atomic E-state index is 6.12. The van der Waals surface area contributed by atoms with E-state index in [2.05, 4.69) is 25.4 Å². The van der Waals surface area contributed by atoms with Crippen LogP contribution in [0.2, 0.25) is 0 Å². The Morgan fingerprint density at radius 1 is 1.23 bits per heavy atom. The van der Waals surface area contributed by atoms with Crippen LogP contribution in [0.4, 0.5) is 5.69 Å². The van der Waals surface area contributed by atoms with Gasteiger partial charge in [0.1, 0.15) is 0 Å². The quantitative estimate of drug-likeness (QED) is 0.551. The van der Waals surface area contributed by atoms with Crippen LogP contribution in [-0.4, -0.2) is 0 Å². The zero-order valence-corrected chi connectivity index (χ0v) is 13.6. The average Bonchev–Trinajstić information content (AvgIpc) is 2.52. The van der Waals surface area contributed by atoms with Crippen LogP contribution in [0.3, 0.4) is 0 Å². The lowest BCUT2D eigenvalue weighted by molar-refractivity contribution is 0.501. The second-order valence-electron chi connectivity index (χ2n) is 5.09. The normalized spacial score (nSPS) is 13.0. The molecule has 3 nitrogen and oxygen atoms in total. The van der Waals surface area contributed by atoms with E-state index in [0.29, 0.717) is 5.92 Å². The number of nitrogens with two attached hydrogens (primary N) is 1. The summed E-state index contributed by atoms with van der Waals surface area (Å²) in [5.74, 6) is 0.517. The molecule has 0 aromatic heterocycles. The van der Waals surface area contributed by atoms with Gasteiger partial charge in [0.15, 0.2) is 0 Å². The summed E-state index contributed by atoms with van der Waals surface area (Å²) in [6.07, 6.45) is 10.5. The Hall–Kier alpha value is -2.26. The van der Waals surface area contributed by atoms with Gasteiger partial charge >= 0.3 is 0 Å². The molecule has 0 saturated carbocycles. The highest BCUT2D eigenvalue weighted by molar-refractivity contribution is 5.45. The monoisotopic (exact) mass is 299 g/mol. The van der Waals surface area contributed by atoms with E-state index in [-0.39, 0.29) is 6.15 Å². The van der Waals surface area contributed by atoms with Crippen molar-refractivity contribution < 1.29 is 0 Å². The topological polar surface area (TPSA) is 73.0 Å². The van der Waals surface area contributed by atoms with Gasteiger partial charge in [-0.15, -0.1) is 0 Å². The summed E-state index contributed by atoms with van der Waals surface area (Å²) in [7, 11) is 0. The Labute approximate surface area is 134 Å². The fraction of sp³-hybridized carbons (Fsp3) is 0.263. The molecule has 120 valence electrons. The molecular weight excluding hydrogens is 270 g/mol. The van der Waals surface area contributed by atoms with Gasteiger partial charge in [0.25, 0.3) is 0 Å². The Morgan fingerprint density at radius 2 is 1.91 bits per heavy atom. The molecule has 6 N–H and O–H groups in total. The van der Waals surface area contributed by atoms with Gasteiger partial charge < -0.3 is 17.2 Å². The summed E-state index contributed by atoms with van der Waals surface area (Å²) >= 11 is 0. The highest BCUT2D eigenvalue weighted by Crippen LogP contribution is 2.22. The highest BCUT2D eigenvalue weighted by atomic mass is 14.9. The van der Waals surface area contributed by atoms with Gasteiger partial charge in [0.05, 0.1) is 0 Å². The molecule has 1 rings (SSSR count). The van der Waals surface area contributed by atoms with Crippen LogP contribution >= 0.6 is 0 Å². The maximum Gasteiger partial charge on any atom is 0.0380 e. The standard InChI is InChI=1S/C19H26N2.H3N/c1-4-10-16(5-2)13-17(6-3)14-18(20)15-21-19-11-8-7-9-12-19;/h4-5,7-12,15,17,21H,1-2,6,13-14,20H2,3H3;1H3/b16-10+,18-15-;/t17-;/m1./s1. The number of nitrogens with one attached hydrogen (secondary N) is 1. The van der Waals surface area contributed by atoms with Crippen LogP contribution in [0.5, 0.6) is 0 Å². The highest BCUT2D eigenvalue weighted by Gasteiger charge is 2.09. The number of allylic oxidation sites excluding steroid dienone is 5. The van der Waals surface area contributed by atoms with Crippen molar-refractivity contribution in [1.82, 2.24) is 6.15 Å². The van der Waals surface area contributed by atoms with Gasteiger partial charge in [-0.2, -0.15) is 0 Å². The number of hydrogen-bond acceptors (Lipinski definition) is 3. The van der Waals surface area contributed by atoms with Gasteiger partial charge in [-0.3, -0.25) is 0 Å². The molecule has 3 heteroatoms. The van der Waals surface area contributed by atoms with Crippen LogP contribution < -0.4 is 17.2 Å². The molecule has 0 spiro atoms. The smallest absolute Gasteiger partial charge is 0.0380 e. The minimum Gasteiger partial charge on any atom is -0.401 e. The molecule has 0 heterocycles. The van der Waals surface area contributed by atoms with Gasteiger partial charge in [-0.1, -0.05) is 62.9 Å². The van der Waals surface area contributed by atoms with Crippen molar-refractivity contribution in [2.75, 3.05) is 5.32 Å². The van der Waals surface area contributed by atoms with E-state index >= 15 is 0 Å². The number of hydrogen-bond donors (Lipinski definition) is 3. The number of rotatable bonds is 9. The maximum atomic E-state index is 6.12. The predicted octanol–water partition coefficient (Wildman–Crippen LogP) is 5.17. The molecule has 0 fully saturated rings. The molecule has 0 unspecified atom stereocenters. The molecule has 0 aliphatic heterocycles. The summed E-state index contributed by atoms with van der Waals surface area (Å²) in [5, 5.41) is 3.23. The van der Waals surface area contributed by atoms with Crippen molar-refractivity contribution in [2.24, 2.45) is 11.7 Å². The van der Waals surface area contributed by atoms with Crippen molar-refractivity contribution in [2.45, 2.75) is 26.2 Å². The molecular formula is C19H29N3. The van der Waals surface area contributed by atoms with Crippen molar-refractivity contribution in [3.63, 3.8) is 0 Å². The van der Waals surface area contributed by atoms with Crippen molar-refractivity contribution in [3.05, 3.63) is 79.2 Å². The lowest BCUT2D eigenvalue weighted by Gasteiger charge is -2.16. The van der Waals surface area contributed by atoms with E-state index in [9.17, 15) is 0 Å². The average molecular weight is 299 g/mol. The third-order valence-corrected chi connectivity index (χ3v) is 3.42. The molecule has 1 aromatic carbocycles. The number of para-hydroxylation sites is 1. The molecule has 0 saturated heterocycles. The van der Waals surface area contributed by atoms with E-state index < -0.39 is 0 Å². The minimum absolute atomic E-state index is 0. The van der Waals surface area contributed by atoms with Crippen LogP contribution in [-0.2, 0) is 0 Å². The number of anilines is 1. The molecule has 0 aliphatic carbocycles. The van der Waals surface area contributed by atoms with Crippen molar-refractivity contribution in [3.8, 4) is 0 Å². The summed E-state index contributed by atoms with van der Waals surface area (Å²) in [5.41, 5.74) is 9.25. The van der Waals surface area contributed by atoms with E-state index in [0.717, 1.165) is 30.6 Å². The third-order valence-electron chi connectivity index (χ3n) is 3.42. The molecule has 1 aromatic rings. The first-order valence-corrected chi connectivity index (χ1v) is 7.39. The van der Waals surface area contributed by atoms with Gasteiger partial charge in [-0.05, 0) is 36.5 Å².